The van der Waals surface area contributed by atoms with E-state index in [9.17, 15) is 4.79 Å². The van der Waals surface area contributed by atoms with E-state index < -0.39 is 12.0 Å². The van der Waals surface area contributed by atoms with Crippen LogP contribution in [0.1, 0.15) is 31.5 Å². The van der Waals surface area contributed by atoms with Crippen LogP contribution in [0.25, 0.3) is 0 Å². The third kappa shape index (κ3) is 2.56. The van der Waals surface area contributed by atoms with Crippen LogP contribution in [-0.4, -0.2) is 39.9 Å². The highest BCUT2D eigenvalue weighted by atomic mass is 16.4. The zero-order valence-corrected chi connectivity index (χ0v) is 9.51. The number of hydrogen-bond acceptors (Lipinski definition) is 3. The molecule has 5 nitrogen and oxygen atoms in total. The standard InChI is InChI=1S/C10H17N3O2/c1-7(2)13-6-8(5-11-13)9(10(14)15)12(3)4/h5-7,9H,1-4H3,(H,14,15). The first-order valence-electron chi connectivity index (χ1n) is 4.86. The summed E-state index contributed by atoms with van der Waals surface area (Å²) < 4.78 is 1.76. The molecule has 1 unspecified atom stereocenters. The van der Waals surface area contributed by atoms with Gasteiger partial charge in [0.15, 0.2) is 0 Å². The van der Waals surface area contributed by atoms with Crippen LogP contribution in [0, 0.1) is 0 Å². The Morgan fingerprint density at radius 3 is 2.47 bits per heavy atom. The zero-order chi connectivity index (χ0) is 11.6. The van der Waals surface area contributed by atoms with Crippen molar-refractivity contribution in [1.29, 1.82) is 0 Å². The lowest BCUT2D eigenvalue weighted by Gasteiger charge is -2.18. The number of carboxylic acids is 1. The number of likely N-dealkylation sites (N-methyl/N-ethyl adjacent to an activating group) is 1. The first-order chi connectivity index (χ1) is 6.93. The minimum atomic E-state index is -0.858. The van der Waals surface area contributed by atoms with Crippen molar-refractivity contribution >= 4 is 5.97 Å². The lowest BCUT2D eigenvalue weighted by molar-refractivity contribution is -0.142. The number of aliphatic carboxylic acids is 1. The van der Waals surface area contributed by atoms with Crippen LogP contribution in [0.2, 0.25) is 0 Å². The number of aromatic nitrogens is 2. The molecule has 0 saturated carbocycles. The monoisotopic (exact) mass is 211 g/mol. The Morgan fingerprint density at radius 2 is 2.13 bits per heavy atom. The van der Waals surface area contributed by atoms with Crippen LogP contribution in [0.4, 0.5) is 0 Å². The van der Waals surface area contributed by atoms with Crippen molar-refractivity contribution in [3.63, 3.8) is 0 Å². The number of carbonyl (C=O) groups is 1. The summed E-state index contributed by atoms with van der Waals surface area (Å²) in [5, 5.41) is 13.2. The Labute approximate surface area is 89.3 Å². The van der Waals surface area contributed by atoms with Crippen molar-refractivity contribution in [3.8, 4) is 0 Å². The van der Waals surface area contributed by atoms with Gasteiger partial charge in [-0.15, -0.1) is 0 Å². The Hall–Kier alpha value is -1.36. The molecule has 0 aliphatic heterocycles. The fraction of sp³-hybridized carbons (Fsp3) is 0.600. The third-order valence-corrected chi connectivity index (χ3v) is 2.22. The van der Waals surface area contributed by atoms with Gasteiger partial charge in [0.2, 0.25) is 0 Å². The highest BCUT2D eigenvalue weighted by Crippen LogP contribution is 2.18. The van der Waals surface area contributed by atoms with E-state index in [-0.39, 0.29) is 6.04 Å². The van der Waals surface area contributed by atoms with E-state index in [1.807, 2.05) is 13.8 Å². The van der Waals surface area contributed by atoms with Crippen LogP contribution in [0.3, 0.4) is 0 Å². The highest BCUT2D eigenvalue weighted by Gasteiger charge is 2.23. The van der Waals surface area contributed by atoms with Gasteiger partial charge in [0, 0.05) is 17.8 Å². The molecular formula is C10H17N3O2. The molecule has 0 fully saturated rings. The second kappa shape index (κ2) is 4.44. The van der Waals surface area contributed by atoms with Crippen LogP contribution in [0.5, 0.6) is 0 Å². The van der Waals surface area contributed by atoms with Crippen molar-refractivity contribution in [1.82, 2.24) is 14.7 Å². The maximum atomic E-state index is 11.0. The molecule has 0 saturated heterocycles. The van der Waals surface area contributed by atoms with E-state index in [4.69, 9.17) is 5.11 Å². The molecule has 0 radical (unpaired) electrons. The quantitative estimate of drug-likeness (QED) is 0.811. The smallest absolute Gasteiger partial charge is 0.325 e. The highest BCUT2D eigenvalue weighted by molar-refractivity contribution is 5.75. The minimum Gasteiger partial charge on any atom is -0.480 e. The fourth-order valence-electron chi connectivity index (χ4n) is 1.44. The van der Waals surface area contributed by atoms with Gasteiger partial charge in [-0.05, 0) is 27.9 Å². The molecule has 0 aliphatic rings. The van der Waals surface area contributed by atoms with Crippen LogP contribution >= 0.6 is 0 Å². The van der Waals surface area contributed by atoms with E-state index in [0.29, 0.717) is 5.56 Å². The lowest BCUT2D eigenvalue weighted by Crippen LogP contribution is -2.27. The molecule has 1 aromatic rings. The van der Waals surface area contributed by atoms with Gasteiger partial charge in [-0.25, -0.2) is 0 Å². The van der Waals surface area contributed by atoms with Gasteiger partial charge in [0.05, 0.1) is 6.20 Å². The maximum absolute atomic E-state index is 11.0. The summed E-state index contributed by atoms with van der Waals surface area (Å²) in [4.78, 5) is 12.7. The summed E-state index contributed by atoms with van der Waals surface area (Å²) in [6.07, 6.45) is 3.39. The molecular weight excluding hydrogens is 194 g/mol. The first-order valence-corrected chi connectivity index (χ1v) is 4.86. The Balaban J connectivity index is 2.97. The van der Waals surface area contributed by atoms with Crippen molar-refractivity contribution in [3.05, 3.63) is 18.0 Å². The van der Waals surface area contributed by atoms with Gasteiger partial charge < -0.3 is 5.11 Å². The largest absolute Gasteiger partial charge is 0.480 e. The second-order valence-corrected chi connectivity index (χ2v) is 4.05. The van der Waals surface area contributed by atoms with Crippen molar-refractivity contribution in [2.24, 2.45) is 0 Å². The molecule has 1 rings (SSSR count). The van der Waals surface area contributed by atoms with E-state index in [0.717, 1.165) is 0 Å². The van der Waals surface area contributed by atoms with Crippen molar-refractivity contribution in [2.75, 3.05) is 14.1 Å². The average molecular weight is 211 g/mol. The Bertz CT molecular complexity index is 344. The lowest BCUT2D eigenvalue weighted by atomic mass is 10.1. The molecule has 0 spiro atoms. The van der Waals surface area contributed by atoms with Gasteiger partial charge in [0.1, 0.15) is 6.04 Å². The number of rotatable bonds is 4. The molecule has 15 heavy (non-hydrogen) atoms. The minimum absolute atomic E-state index is 0.246. The van der Waals surface area contributed by atoms with E-state index in [1.54, 1.807) is 36.1 Å². The molecule has 1 aromatic heterocycles. The molecule has 5 heteroatoms. The Kier molecular flexibility index (Phi) is 3.47. The maximum Gasteiger partial charge on any atom is 0.325 e. The molecule has 84 valence electrons. The summed E-state index contributed by atoms with van der Waals surface area (Å²) in [5.41, 5.74) is 0.709. The zero-order valence-electron chi connectivity index (χ0n) is 9.51. The van der Waals surface area contributed by atoms with E-state index in [2.05, 4.69) is 5.10 Å². The molecule has 1 atom stereocenters. The fourth-order valence-corrected chi connectivity index (χ4v) is 1.44. The molecule has 0 bridgehead atoms. The molecule has 0 amide bonds. The Morgan fingerprint density at radius 1 is 1.53 bits per heavy atom. The summed E-state index contributed by atoms with van der Waals surface area (Å²) >= 11 is 0. The van der Waals surface area contributed by atoms with Gasteiger partial charge in [-0.1, -0.05) is 0 Å². The number of hydrogen-bond donors (Lipinski definition) is 1. The van der Waals surface area contributed by atoms with Gasteiger partial charge in [-0.3, -0.25) is 14.4 Å². The van der Waals surface area contributed by atoms with E-state index >= 15 is 0 Å². The predicted octanol–water partition coefficient (Wildman–Crippen LogP) is 1.15. The average Bonchev–Trinajstić information content (AvgIpc) is 2.51. The molecule has 0 aliphatic carbocycles. The van der Waals surface area contributed by atoms with Crippen LogP contribution in [-0.2, 0) is 4.79 Å². The van der Waals surface area contributed by atoms with Gasteiger partial charge in [-0.2, -0.15) is 5.10 Å². The van der Waals surface area contributed by atoms with Gasteiger partial charge >= 0.3 is 5.97 Å². The van der Waals surface area contributed by atoms with Gasteiger partial charge in [0.25, 0.3) is 0 Å². The summed E-state index contributed by atoms with van der Waals surface area (Å²) in [6, 6.07) is -0.382. The SMILES string of the molecule is CC(C)n1cc(C(C(=O)O)N(C)C)cn1. The van der Waals surface area contributed by atoms with Crippen LogP contribution < -0.4 is 0 Å². The molecule has 1 heterocycles. The van der Waals surface area contributed by atoms with Crippen molar-refractivity contribution < 1.29 is 9.90 Å². The topological polar surface area (TPSA) is 58.4 Å². The van der Waals surface area contributed by atoms with Crippen LogP contribution in [0.15, 0.2) is 12.4 Å². The number of carboxylic acid groups (broad SMARTS) is 1. The first kappa shape index (κ1) is 11.7. The summed E-state index contributed by atoms with van der Waals surface area (Å²) in [6.45, 7) is 4.00. The second-order valence-electron chi connectivity index (χ2n) is 4.05. The molecule has 1 N–H and O–H groups in total. The van der Waals surface area contributed by atoms with Crippen molar-refractivity contribution in [2.45, 2.75) is 25.9 Å². The van der Waals surface area contributed by atoms with E-state index in [1.165, 1.54) is 0 Å². The predicted molar refractivity (Wildman–Crippen MR) is 56.7 cm³/mol. The number of nitrogens with zero attached hydrogens (tertiary/aromatic N) is 3. The third-order valence-electron chi connectivity index (χ3n) is 2.22. The normalized spacial score (nSPS) is 13.5. The summed E-state index contributed by atoms with van der Waals surface area (Å²) in [5.74, 6) is -0.858. The summed E-state index contributed by atoms with van der Waals surface area (Å²) in [7, 11) is 3.48. The molecule has 0 aromatic carbocycles.